The largest absolute Gasteiger partial charge is 0.478 e. The minimum atomic E-state index is -1.20. The number of carboxylic acids is 2. The van der Waals surface area contributed by atoms with E-state index in [1.54, 1.807) is 12.3 Å². The molecule has 0 spiro atoms. The van der Waals surface area contributed by atoms with Crippen LogP contribution in [0.2, 0.25) is 0 Å². The van der Waals surface area contributed by atoms with Crippen LogP contribution in [0.5, 0.6) is 0 Å². The average molecular weight is 478 g/mol. The number of aromatic carboxylic acids is 2. The molecule has 1 saturated carbocycles. The molecule has 3 aromatic rings. The van der Waals surface area contributed by atoms with Crippen molar-refractivity contribution in [3.8, 4) is 11.3 Å². The third-order valence-corrected chi connectivity index (χ3v) is 6.81. The Labute approximate surface area is 201 Å². The standard InChI is InChI=1S/C25H23N3O5S/c29-23(30)15-11-14(12-16(13-15)24(31)32)19-8-9-20(33-19)22-21(18-7-3-4-10-26-18)27-25(34)28(22)17-5-1-2-6-17/h3-4,7-13,17,21-22H,1-2,5-6H2,(H,27,34)(H,29,30)(H,31,32)/t21-,22-/m0/s1. The molecule has 0 unspecified atom stereocenters. The van der Waals surface area contributed by atoms with Crippen LogP contribution in [-0.4, -0.2) is 43.2 Å². The Balaban J connectivity index is 1.57. The van der Waals surface area contributed by atoms with Crippen molar-refractivity contribution >= 4 is 29.3 Å². The highest BCUT2D eigenvalue weighted by Gasteiger charge is 2.45. The maximum atomic E-state index is 11.5. The summed E-state index contributed by atoms with van der Waals surface area (Å²) in [6, 6.07) is 13.1. The molecule has 1 aliphatic carbocycles. The van der Waals surface area contributed by atoms with E-state index >= 15 is 0 Å². The number of thiocarbonyl (C=S) groups is 1. The SMILES string of the molecule is O=C(O)c1cc(C(=O)O)cc(-c2ccc([C@H]3[C@H](c4ccccn4)NC(=S)N3C3CCCC3)o2)c1. The van der Waals surface area contributed by atoms with Gasteiger partial charge in [0, 0.05) is 17.8 Å². The molecule has 2 aromatic heterocycles. The van der Waals surface area contributed by atoms with Gasteiger partial charge in [0.1, 0.15) is 17.6 Å². The predicted molar refractivity (Wildman–Crippen MR) is 128 cm³/mol. The molecule has 2 aliphatic rings. The summed E-state index contributed by atoms with van der Waals surface area (Å²) in [6.45, 7) is 0. The van der Waals surface area contributed by atoms with Crippen LogP contribution in [-0.2, 0) is 0 Å². The molecule has 5 rings (SSSR count). The van der Waals surface area contributed by atoms with Gasteiger partial charge in [-0.15, -0.1) is 0 Å². The summed E-state index contributed by atoms with van der Waals surface area (Å²) in [5.74, 6) is -1.36. The lowest BCUT2D eigenvalue weighted by molar-refractivity contribution is 0.0696. The number of carbonyl (C=O) groups is 2. The van der Waals surface area contributed by atoms with Crippen molar-refractivity contribution < 1.29 is 24.2 Å². The fourth-order valence-electron chi connectivity index (χ4n) is 4.93. The van der Waals surface area contributed by atoms with Crippen molar-refractivity contribution in [2.45, 2.75) is 43.8 Å². The number of nitrogens with zero attached hydrogens (tertiary/aromatic N) is 2. The van der Waals surface area contributed by atoms with Crippen molar-refractivity contribution in [3.05, 3.63) is 77.3 Å². The van der Waals surface area contributed by atoms with Crippen molar-refractivity contribution in [2.75, 3.05) is 0 Å². The molecule has 8 nitrogen and oxygen atoms in total. The number of furan rings is 1. The highest BCUT2D eigenvalue weighted by Crippen LogP contribution is 2.44. The first kappa shape index (κ1) is 22.1. The smallest absolute Gasteiger partial charge is 0.335 e. The van der Waals surface area contributed by atoms with E-state index in [1.807, 2.05) is 24.3 Å². The topological polar surface area (TPSA) is 116 Å². The lowest BCUT2D eigenvalue weighted by Crippen LogP contribution is -2.37. The van der Waals surface area contributed by atoms with E-state index < -0.39 is 11.9 Å². The Bertz CT molecular complexity index is 1220. The Morgan fingerprint density at radius 3 is 2.35 bits per heavy atom. The number of benzene rings is 1. The second-order valence-electron chi connectivity index (χ2n) is 8.58. The molecule has 1 aliphatic heterocycles. The van der Waals surface area contributed by atoms with E-state index in [1.165, 1.54) is 12.1 Å². The van der Waals surface area contributed by atoms with E-state index in [4.69, 9.17) is 16.6 Å². The van der Waals surface area contributed by atoms with Crippen LogP contribution in [0.1, 0.15) is 69.9 Å². The first-order chi connectivity index (χ1) is 16.4. The monoisotopic (exact) mass is 477 g/mol. The van der Waals surface area contributed by atoms with Crippen LogP contribution in [0, 0.1) is 0 Å². The zero-order chi connectivity index (χ0) is 23.8. The summed E-state index contributed by atoms with van der Waals surface area (Å²) in [4.78, 5) is 29.8. The normalized spacial score (nSPS) is 20.5. The maximum Gasteiger partial charge on any atom is 0.335 e. The molecule has 3 heterocycles. The highest BCUT2D eigenvalue weighted by atomic mass is 32.1. The molecule has 1 aromatic carbocycles. The first-order valence-electron chi connectivity index (χ1n) is 11.1. The summed E-state index contributed by atoms with van der Waals surface area (Å²) in [5, 5.41) is 22.9. The van der Waals surface area contributed by atoms with Gasteiger partial charge in [0.05, 0.1) is 22.9 Å². The molecule has 2 fully saturated rings. The molecule has 0 bridgehead atoms. The molecule has 174 valence electrons. The minimum Gasteiger partial charge on any atom is -0.478 e. The number of nitrogens with one attached hydrogen (secondary N) is 1. The van der Waals surface area contributed by atoms with E-state index in [-0.39, 0.29) is 23.2 Å². The van der Waals surface area contributed by atoms with Gasteiger partial charge in [-0.3, -0.25) is 4.98 Å². The van der Waals surface area contributed by atoms with E-state index in [0.717, 1.165) is 37.4 Å². The zero-order valence-corrected chi connectivity index (χ0v) is 19.0. The van der Waals surface area contributed by atoms with Gasteiger partial charge < -0.3 is 24.8 Å². The maximum absolute atomic E-state index is 11.5. The third-order valence-electron chi connectivity index (χ3n) is 6.48. The van der Waals surface area contributed by atoms with Gasteiger partial charge in [-0.2, -0.15) is 0 Å². The molecule has 3 N–H and O–H groups in total. The summed E-state index contributed by atoms with van der Waals surface area (Å²) >= 11 is 5.74. The molecular weight excluding hydrogens is 454 g/mol. The summed E-state index contributed by atoms with van der Waals surface area (Å²) in [5.41, 5.74) is 0.999. The van der Waals surface area contributed by atoms with Crippen LogP contribution in [0.25, 0.3) is 11.3 Å². The van der Waals surface area contributed by atoms with Crippen LogP contribution < -0.4 is 5.32 Å². The van der Waals surface area contributed by atoms with Crippen LogP contribution in [0.3, 0.4) is 0 Å². The van der Waals surface area contributed by atoms with Gasteiger partial charge in [-0.25, -0.2) is 9.59 Å². The van der Waals surface area contributed by atoms with Crippen molar-refractivity contribution in [3.63, 3.8) is 0 Å². The zero-order valence-electron chi connectivity index (χ0n) is 18.2. The van der Waals surface area contributed by atoms with E-state index in [2.05, 4.69) is 15.2 Å². The lowest BCUT2D eigenvalue weighted by Gasteiger charge is -2.31. The summed E-state index contributed by atoms with van der Waals surface area (Å²) in [6.07, 6.45) is 6.13. The lowest BCUT2D eigenvalue weighted by atomic mass is 10.0. The minimum absolute atomic E-state index is 0.115. The molecule has 2 atom stereocenters. The van der Waals surface area contributed by atoms with Crippen molar-refractivity contribution in [2.24, 2.45) is 0 Å². The average Bonchev–Trinajstić information content (AvgIpc) is 3.59. The second-order valence-corrected chi connectivity index (χ2v) is 8.97. The van der Waals surface area contributed by atoms with Gasteiger partial charge in [0.2, 0.25) is 0 Å². The van der Waals surface area contributed by atoms with Gasteiger partial charge in [-0.05, 0) is 67.5 Å². The van der Waals surface area contributed by atoms with Gasteiger partial charge >= 0.3 is 11.9 Å². The number of aromatic nitrogens is 1. The van der Waals surface area contributed by atoms with Gasteiger partial charge in [0.25, 0.3) is 0 Å². The Hall–Kier alpha value is -3.72. The van der Waals surface area contributed by atoms with E-state index in [9.17, 15) is 19.8 Å². The van der Waals surface area contributed by atoms with E-state index in [0.29, 0.717) is 28.2 Å². The molecule has 34 heavy (non-hydrogen) atoms. The quantitative estimate of drug-likeness (QED) is 0.436. The third kappa shape index (κ3) is 4.03. The number of rotatable bonds is 6. The van der Waals surface area contributed by atoms with Gasteiger partial charge in [0.15, 0.2) is 5.11 Å². The number of carboxylic acid groups (broad SMARTS) is 2. The van der Waals surface area contributed by atoms with Crippen LogP contribution in [0.4, 0.5) is 0 Å². The highest BCUT2D eigenvalue weighted by molar-refractivity contribution is 7.80. The van der Waals surface area contributed by atoms with Crippen molar-refractivity contribution in [1.82, 2.24) is 15.2 Å². The second kappa shape index (κ2) is 8.90. The molecule has 0 amide bonds. The Morgan fingerprint density at radius 1 is 1.03 bits per heavy atom. The fourth-order valence-corrected chi connectivity index (χ4v) is 5.32. The molecule has 9 heteroatoms. The predicted octanol–water partition coefficient (Wildman–Crippen LogP) is 4.65. The van der Waals surface area contributed by atoms with Crippen LogP contribution in [0.15, 0.2) is 59.1 Å². The summed E-state index contributed by atoms with van der Waals surface area (Å²) in [7, 11) is 0. The van der Waals surface area contributed by atoms with Crippen molar-refractivity contribution in [1.29, 1.82) is 0 Å². The number of pyridine rings is 1. The Kier molecular flexibility index (Phi) is 5.79. The molecular formula is C25H23N3O5S. The fraction of sp³-hybridized carbons (Fsp3) is 0.280. The first-order valence-corrected chi connectivity index (χ1v) is 11.5. The van der Waals surface area contributed by atoms with Gasteiger partial charge in [-0.1, -0.05) is 18.9 Å². The number of hydrogen-bond donors (Lipinski definition) is 3. The Morgan fingerprint density at radius 2 is 1.74 bits per heavy atom. The van der Waals surface area contributed by atoms with Crippen LogP contribution >= 0.6 is 12.2 Å². The molecule has 0 radical (unpaired) electrons. The molecule has 1 saturated heterocycles. The number of hydrogen-bond acceptors (Lipinski definition) is 5. The summed E-state index contributed by atoms with van der Waals surface area (Å²) < 4.78 is 6.26.